The summed E-state index contributed by atoms with van der Waals surface area (Å²) in [7, 11) is 0. The molecule has 18 heavy (non-hydrogen) atoms. The van der Waals surface area contributed by atoms with Crippen molar-refractivity contribution in [2.24, 2.45) is 0 Å². The van der Waals surface area contributed by atoms with Gasteiger partial charge in [-0.2, -0.15) is 5.26 Å². The van der Waals surface area contributed by atoms with E-state index in [9.17, 15) is 9.59 Å². The second kappa shape index (κ2) is 7.63. The third-order valence-electron chi connectivity index (χ3n) is 2.55. The first-order valence-corrected chi connectivity index (χ1v) is 5.89. The first-order valence-electron chi connectivity index (χ1n) is 5.89. The van der Waals surface area contributed by atoms with Crippen LogP contribution in [0.25, 0.3) is 0 Å². The number of amides is 2. The fourth-order valence-electron chi connectivity index (χ4n) is 1.71. The van der Waals surface area contributed by atoms with E-state index in [1.807, 2.05) is 6.92 Å². The van der Waals surface area contributed by atoms with E-state index in [1.54, 1.807) is 6.07 Å². The molecular formula is C11H18N4O3. The lowest BCUT2D eigenvalue weighted by atomic mass is 10.3. The van der Waals surface area contributed by atoms with Crippen molar-refractivity contribution in [1.82, 2.24) is 15.5 Å². The number of ether oxygens (including phenoxy) is 1. The van der Waals surface area contributed by atoms with Crippen LogP contribution in [0.4, 0.5) is 0 Å². The molecule has 7 heteroatoms. The van der Waals surface area contributed by atoms with Crippen LogP contribution in [0.1, 0.15) is 6.92 Å². The Hall–Kier alpha value is -1.65. The second-order valence-corrected chi connectivity index (χ2v) is 4.13. The van der Waals surface area contributed by atoms with Crippen LogP contribution in [0.2, 0.25) is 0 Å². The number of nitrogens with zero attached hydrogens (tertiary/aromatic N) is 2. The van der Waals surface area contributed by atoms with Crippen molar-refractivity contribution in [3.05, 3.63) is 0 Å². The van der Waals surface area contributed by atoms with Crippen molar-refractivity contribution < 1.29 is 14.3 Å². The normalized spacial score (nSPS) is 17.6. The van der Waals surface area contributed by atoms with E-state index in [4.69, 9.17) is 10.00 Å². The molecule has 1 aliphatic rings. The van der Waals surface area contributed by atoms with Gasteiger partial charge in [-0.05, 0) is 6.92 Å². The van der Waals surface area contributed by atoms with E-state index >= 15 is 0 Å². The zero-order chi connectivity index (χ0) is 13.4. The maximum atomic E-state index is 11.4. The number of carbonyl (C=O) groups is 2. The summed E-state index contributed by atoms with van der Waals surface area (Å²) in [5.41, 5.74) is 0. The fourth-order valence-corrected chi connectivity index (χ4v) is 1.71. The van der Waals surface area contributed by atoms with Gasteiger partial charge in [-0.25, -0.2) is 0 Å². The molecule has 0 spiro atoms. The standard InChI is InChI=1S/C11H18N4O3/c1-9(8-15-4-6-18-7-5-15)14-11(17)10(16)13-3-2-12/h9H,3-8H2,1H3,(H,13,16)(H,14,17). The SMILES string of the molecule is CC(CN1CCOCC1)NC(=O)C(=O)NCC#N. The first kappa shape index (κ1) is 14.4. The van der Waals surface area contributed by atoms with Gasteiger partial charge in [0.25, 0.3) is 0 Å². The molecule has 0 aromatic carbocycles. The van der Waals surface area contributed by atoms with E-state index in [0.29, 0.717) is 19.8 Å². The number of hydrogen-bond acceptors (Lipinski definition) is 5. The molecule has 0 bridgehead atoms. The molecule has 100 valence electrons. The van der Waals surface area contributed by atoms with E-state index in [0.717, 1.165) is 13.1 Å². The van der Waals surface area contributed by atoms with Crippen LogP contribution in [-0.4, -0.2) is 62.1 Å². The summed E-state index contributed by atoms with van der Waals surface area (Å²) in [5, 5.41) is 13.1. The van der Waals surface area contributed by atoms with Crippen LogP contribution in [0, 0.1) is 11.3 Å². The summed E-state index contributed by atoms with van der Waals surface area (Å²) in [6, 6.07) is 1.62. The highest BCUT2D eigenvalue weighted by Gasteiger charge is 2.18. The maximum Gasteiger partial charge on any atom is 0.310 e. The lowest BCUT2D eigenvalue weighted by Gasteiger charge is -2.29. The van der Waals surface area contributed by atoms with Gasteiger partial charge in [0, 0.05) is 25.7 Å². The Kier molecular flexibility index (Phi) is 6.11. The number of nitriles is 1. The van der Waals surface area contributed by atoms with Gasteiger partial charge in [-0.1, -0.05) is 0 Å². The summed E-state index contributed by atoms with van der Waals surface area (Å²) in [6.07, 6.45) is 0. The van der Waals surface area contributed by atoms with Crippen molar-refractivity contribution in [2.45, 2.75) is 13.0 Å². The molecule has 1 heterocycles. The lowest BCUT2D eigenvalue weighted by Crippen LogP contribution is -2.49. The Balaban J connectivity index is 2.26. The minimum absolute atomic E-state index is 0.122. The molecule has 2 amide bonds. The number of carbonyl (C=O) groups excluding carboxylic acids is 2. The van der Waals surface area contributed by atoms with Gasteiger partial charge in [0.1, 0.15) is 6.54 Å². The van der Waals surface area contributed by atoms with Crippen LogP contribution < -0.4 is 10.6 Å². The average molecular weight is 254 g/mol. The van der Waals surface area contributed by atoms with Crippen LogP contribution in [0.3, 0.4) is 0 Å². The van der Waals surface area contributed by atoms with Crippen LogP contribution in [-0.2, 0) is 14.3 Å². The predicted molar refractivity (Wildman–Crippen MR) is 63.5 cm³/mol. The molecule has 1 rings (SSSR count). The number of rotatable bonds is 4. The molecule has 0 saturated carbocycles. The number of nitrogens with one attached hydrogen (secondary N) is 2. The Bertz CT molecular complexity index is 334. The molecule has 1 aliphatic heterocycles. The Morgan fingerprint density at radius 1 is 1.39 bits per heavy atom. The molecule has 1 unspecified atom stereocenters. The smallest absolute Gasteiger partial charge is 0.310 e. The number of morpholine rings is 1. The lowest BCUT2D eigenvalue weighted by molar-refractivity contribution is -0.139. The zero-order valence-electron chi connectivity index (χ0n) is 10.4. The third-order valence-corrected chi connectivity index (χ3v) is 2.55. The van der Waals surface area contributed by atoms with Gasteiger partial charge in [0.05, 0.1) is 19.3 Å². The van der Waals surface area contributed by atoms with Gasteiger partial charge in [0.2, 0.25) is 0 Å². The monoisotopic (exact) mass is 254 g/mol. The van der Waals surface area contributed by atoms with Gasteiger partial charge in [0.15, 0.2) is 0 Å². The molecule has 0 aromatic rings. The summed E-state index contributed by atoms with van der Waals surface area (Å²) in [4.78, 5) is 24.8. The summed E-state index contributed by atoms with van der Waals surface area (Å²) >= 11 is 0. The minimum atomic E-state index is -0.773. The highest BCUT2D eigenvalue weighted by molar-refractivity contribution is 6.35. The van der Waals surface area contributed by atoms with Crippen molar-refractivity contribution >= 4 is 11.8 Å². The quantitative estimate of drug-likeness (QED) is 0.468. The summed E-state index contributed by atoms with van der Waals surface area (Å²) in [6.45, 7) is 5.42. The van der Waals surface area contributed by atoms with Crippen molar-refractivity contribution in [3.63, 3.8) is 0 Å². The van der Waals surface area contributed by atoms with Crippen LogP contribution in [0.5, 0.6) is 0 Å². The fraction of sp³-hybridized carbons (Fsp3) is 0.727. The topological polar surface area (TPSA) is 94.5 Å². The average Bonchev–Trinajstić information content (AvgIpc) is 2.36. The zero-order valence-corrected chi connectivity index (χ0v) is 10.4. The van der Waals surface area contributed by atoms with Crippen LogP contribution >= 0.6 is 0 Å². The Morgan fingerprint density at radius 2 is 2.06 bits per heavy atom. The first-order chi connectivity index (χ1) is 8.63. The van der Waals surface area contributed by atoms with Crippen molar-refractivity contribution in [2.75, 3.05) is 39.4 Å². The predicted octanol–water partition coefficient (Wildman–Crippen LogP) is -1.54. The molecule has 0 radical (unpaired) electrons. The maximum absolute atomic E-state index is 11.4. The minimum Gasteiger partial charge on any atom is -0.379 e. The molecule has 0 aliphatic carbocycles. The number of hydrogen-bond donors (Lipinski definition) is 2. The summed E-state index contributed by atoms with van der Waals surface area (Å²) < 4.78 is 5.22. The van der Waals surface area contributed by atoms with Crippen molar-refractivity contribution in [1.29, 1.82) is 5.26 Å². The van der Waals surface area contributed by atoms with Crippen molar-refractivity contribution in [3.8, 4) is 6.07 Å². The van der Waals surface area contributed by atoms with E-state index in [-0.39, 0.29) is 12.6 Å². The molecule has 1 atom stereocenters. The van der Waals surface area contributed by atoms with E-state index < -0.39 is 11.8 Å². The van der Waals surface area contributed by atoms with E-state index in [1.165, 1.54) is 0 Å². The Labute approximate surface area is 106 Å². The Morgan fingerprint density at radius 3 is 2.67 bits per heavy atom. The summed E-state index contributed by atoms with van der Waals surface area (Å²) in [5.74, 6) is -1.48. The van der Waals surface area contributed by atoms with Gasteiger partial charge < -0.3 is 15.4 Å². The highest BCUT2D eigenvalue weighted by atomic mass is 16.5. The van der Waals surface area contributed by atoms with Gasteiger partial charge >= 0.3 is 11.8 Å². The van der Waals surface area contributed by atoms with Crippen LogP contribution in [0.15, 0.2) is 0 Å². The van der Waals surface area contributed by atoms with E-state index in [2.05, 4.69) is 15.5 Å². The molecular weight excluding hydrogens is 236 g/mol. The molecule has 1 saturated heterocycles. The molecule has 1 fully saturated rings. The van der Waals surface area contributed by atoms with Gasteiger partial charge in [-0.3, -0.25) is 14.5 Å². The molecule has 2 N–H and O–H groups in total. The molecule has 7 nitrogen and oxygen atoms in total. The molecule has 0 aromatic heterocycles. The largest absolute Gasteiger partial charge is 0.379 e. The third kappa shape index (κ3) is 5.12. The van der Waals surface area contributed by atoms with Gasteiger partial charge in [-0.15, -0.1) is 0 Å². The second-order valence-electron chi connectivity index (χ2n) is 4.13. The highest BCUT2D eigenvalue weighted by Crippen LogP contribution is 1.98.